The fourth-order valence-corrected chi connectivity index (χ4v) is 4.55. The molecule has 1 rings (SSSR count). The molecule has 0 unspecified atom stereocenters. The molecule has 0 saturated heterocycles. The average Bonchev–Trinajstić information content (AvgIpc) is 3.10. The largest absolute Gasteiger partial charge is 0.870 e. The molecular formula is C28H56N2O. The summed E-state index contributed by atoms with van der Waals surface area (Å²) in [6.07, 6.45) is 33.0. The van der Waals surface area contributed by atoms with Crippen molar-refractivity contribution >= 4 is 0 Å². The Morgan fingerprint density at radius 1 is 0.581 bits per heavy atom. The van der Waals surface area contributed by atoms with E-state index < -0.39 is 0 Å². The molecule has 184 valence electrons. The zero-order valence-corrected chi connectivity index (χ0v) is 21.6. The Balaban J connectivity index is 0.00000900. The highest BCUT2D eigenvalue weighted by Gasteiger charge is 2.11. The highest BCUT2D eigenvalue weighted by Crippen LogP contribution is 2.12. The molecule has 1 heterocycles. The van der Waals surface area contributed by atoms with Gasteiger partial charge in [-0.1, -0.05) is 117 Å². The van der Waals surface area contributed by atoms with E-state index in [9.17, 15) is 0 Å². The van der Waals surface area contributed by atoms with Gasteiger partial charge in [-0.2, -0.15) is 0 Å². The van der Waals surface area contributed by atoms with Gasteiger partial charge in [0, 0.05) is 6.92 Å². The van der Waals surface area contributed by atoms with Gasteiger partial charge in [0.25, 0.3) is 5.82 Å². The molecule has 0 aliphatic carbocycles. The van der Waals surface area contributed by atoms with Crippen molar-refractivity contribution in [3.8, 4) is 0 Å². The third-order valence-electron chi connectivity index (χ3n) is 6.76. The van der Waals surface area contributed by atoms with Crippen LogP contribution in [-0.4, -0.2) is 10.0 Å². The van der Waals surface area contributed by atoms with Crippen molar-refractivity contribution in [3.05, 3.63) is 18.2 Å². The molecule has 0 saturated carbocycles. The number of aromatic nitrogens is 2. The summed E-state index contributed by atoms with van der Waals surface area (Å²) in [5.41, 5.74) is 0. The minimum atomic E-state index is 0. The molecule has 0 aromatic carbocycles. The minimum Gasteiger partial charge on any atom is -0.870 e. The minimum absolute atomic E-state index is 0. The van der Waals surface area contributed by atoms with E-state index in [-0.39, 0.29) is 5.48 Å². The molecule has 3 nitrogen and oxygen atoms in total. The molecule has 1 aromatic heterocycles. The molecular weight excluding hydrogens is 380 g/mol. The van der Waals surface area contributed by atoms with Gasteiger partial charge in [-0.15, -0.1) is 0 Å². The van der Waals surface area contributed by atoms with E-state index in [0.29, 0.717) is 0 Å². The Morgan fingerprint density at radius 2 is 0.968 bits per heavy atom. The van der Waals surface area contributed by atoms with Crippen molar-refractivity contribution in [1.29, 1.82) is 0 Å². The standard InChI is InChI=1S/C28H55N2.H2O/c1-4-6-8-10-12-14-16-18-20-22-24-29-26-27-30(28(29)3)25-23-21-19-17-15-13-11-9-7-5-2;/h26-27H,4-25H2,1-3H3;1H2/q+1;/p-1. The number of hydrogen-bond donors (Lipinski definition) is 0. The lowest BCUT2D eigenvalue weighted by molar-refractivity contribution is -0.702. The lowest BCUT2D eigenvalue weighted by atomic mass is 10.1. The Morgan fingerprint density at radius 3 is 1.42 bits per heavy atom. The fourth-order valence-electron chi connectivity index (χ4n) is 4.55. The van der Waals surface area contributed by atoms with Crippen LogP contribution in [0.3, 0.4) is 0 Å². The second kappa shape index (κ2) is 22.4. The van der Waals surface area contributed by atoms with Crippen molar-refractivity contribution in [2.45, 2.75) is 162 Å². The maximum atomic E-state index is 2.47. The van der Waals surface area contributed by atoms with E-state index >= 15 is 0 Å². The van der Waals surface area contributed by atoms with Crippen molar-refractivity contribution in [3.63, 3.8) is 0 Å². The van der Waals surface area contributed by atoms with Gasteiger partial charge in [-0.05, 0) is 25.7 Å². The molecule has 0 atom stereocenters. The van der Waals surface area contributed by atoms with Gasteiger partial charge in [-0.25, -0.2) is 9.13 Å². The van der Waals surface area contributed by atoms with Crippen molar-refractivity contribution in [2.75, 3.05) is 0 Å². The van der Waals surface area contributed by atoms with Crippen LogP contribution in [0.1, 0.15) is 148 Å². The third-order valence-corrected chi connectivity index (χ3v) is 6.76. The number of unbranched alkanes of at least 4 members (excludes halogenated alkanes) is 18. The number of imidazole rings is 1. The zero-order valence-electron chi connectivity index (χ0n) is 21.6. The van der Waals surface area contributed by atoms with Gasteiger partial charge in [-0.3, -0.25) is 0 Å². The number of rotatable bonds is 22. The Kier molecular flexibility index (Phi) is 21.8. The highest BCUT2D eigenvalue weighted by molar-refractivity contribution is 4.79. The second-order valence-electron chi connectivity index (χ2n) is 9.60. The molecule has 0 bridgehead atoms. The lowest BCUT2D eigenvalue weighted by Crippen LogP contribution is -2.35. The Hall–Kier alpha value is -0.830. The molecule has 3 heteroatoms. The van der Waals surface area contributed by atoms with Gasteiger partial charge < -0.3 is 5.48 Å². The SMILES string of the molecule is CCCCCCCCCCCCn1cc[n+](CCCCCCCCCCCC)c1C.[OH-]. The average molecular weight is 437 g/mol. The summed E-state index contributed by atoms with van der Waals surface area (Å²) in [5.74, 6) is 1.45. The van der Waals surface area contributed by atoms with Gasteiger partial charge in [0.15, 0.2) is 0 Å². The lowest BCUT2D eigenvalue weighted by Gasteiger charge is -2.04. The van der Waals surface area contributed by atoms with Gasteiger partial charge in [0.1, 0.15) is 12.4 Å². The molecule has 1 aromatic rings. The zero-order chi connectivity index (χ0) is 21.7. The monoisotopic (exact) mass is 436 g/mol. The second-order valence-corrected chi connectivity index (χ2v) is 9.60. The normalized spacial score (nSPS) is 11.1. The van der Waals surface area contributed by atoms with Crippen molar-refractivity contribution < 1.29 is 10.0 Å². The Bertz CT molecular complexity index is 442. The highest BCUT2D eigenvalue weighted by atomic mass is 16.0. The summed E-state index contributed by atoms with van der Waals surface area (Å²) in [4.78, 5) is 0. The topological polar surface area (TPSA) is 38.8 Å². The smallest absolute Gasteiger partial charge is 0.253 e. The van der Waals surface area contributed by atoms with Crippen molar-refractivity contribution in [1.82, 2.24) is 4.57 Å². The summed E-state index contributed by atoms with van der Waals surface area (Å²) < 4.78 is 4.95. The number of nitrogens with zero attached hydrogens (tertiary/aromatic N) is 2. The molecule has 1 N–H and O–H groups in total. The van der Waals surface area contributed by atoms with Crippen LogP contribution in [0, 0.1) is 6.92 Å². The maximum Gasteiger partial charge on any atom is 0.253 e. The van der Waals surface area contributed by atoms with Crippen LogP contribution in [0.4, 0.5) is 0 Å². The number of hydrogen-bond acceptors (Lipinski definition) is 1. The van der Waals surface area contributed by atoms with E-state index in [2.05, 4.69) is 42.3 Å². The fraction of sp³-hybridized carbons (Fsp3) is 0.893. The van der Waals surface area contributed by atoms with E-state index in [1.54, 1.807) is 0 Å². The van der Waals surface area contributed by atoms with Crippen LogP contribution in [0.15, 0.2) is 12.4 Å². The van der Waals surface area contributed by atoms with Crippen molar-refractivity contribution in [2.24, 2.45) is 0 Å². The first-order valence-corrected chi connectivity index (χ1v) is 13.8. The predicted octanol–water partition coefficient (Wildman–Crippen LogP) is 8.75. The summed E-state index contributed by atoms with van der Waals surface area (Å²) in [7, 11) is 0. The van der Waals surface area contributed by atoms with Gasteiger partial charge in [0.2, 0.25) is 0 Å². The summed E-state index contributed by atoms with van der Waals surface area (Å²) >= 11 is 0. The van der Waals surface area contributed by atoms with Gasteiger partial charge >= 0.3 is 0 Å². The van der Waals surface area contributed by atoms with Crippen LogP contribution in [0.5, 0.6) is 0 Å². The van der Waals surface area contributed by atoms with E-state index in [1.165, 1.54) is 147 Å². The summed E-state index contributed by atoms with van der Waals surface area (Å²) in [5, 5.41) is 0. The molecule has 0 radical (unpaired) electrons. The quantitative estimate of drug-likeness (QED) is 0.132. The third kappa shape index (κ3) is 16.5. The van der Waals surface area contributed by atoms with Gasteiger partial charge in [0.05, 0.1) is 13.1 Å². The molecule has 0 amide bonds. The first-order valence-electron chi connectivity index (χ1n) is 13.8. The molecule has 0 aliphatic rings. The predicted molar refractivity (Wildman–Crippen MR) is 135 cm³/mol. The van der Waals surface area contributed by atoms with Crippen LogP contribution >= 0.6 is 0 Å². The van der Waals surface area contributed by atoms with Crippen LogP contribution in [-0.2, 0) is 13.1 Å². The maximum absolute atomic E-state index is 2.47. The Labute approximate surface area is 195 Å². The molecule has 0 aliphatic heterocycles. The summed E-state index contributed by atoms with van der Waals surface area (Å²) in [6.45, 7) is 9.30. The van der Waals surface area contributed by atoms with E-state index in [0.717, 1.165) is 0 Å². The van der Waals surface area contributed by atoms with Crippen LogP contribution < -0.4 is 4.57 Å². The molecule has 0 spiro atoms. The van der Waals surface area contributed by atoms with E-state index in [4.69, 9.17) is 0 Å². The first kappa shape index (κ1) is 30.2. The summed E-state index contributed by atoms with van der Waals surface area (Å²) in [6, 6.07) is 0. The number of aryl methyl sites for hydroxylation is 2. The first-order chi connectivity index (χ1) is 14.8. The van der Waals surface area contributed by atoms with E-state index in [1.807, 2.05) is 0 Å². The van der Waals surface area contributed by atoms with Crippen LogP contribution in [0.25, 0.3) is 0 Å². The molecule has 0 fully saturated rings. The van der Waals surface area contributed by atoms with Crippen LogP contribution in [0.2, 0.25) is 0 Å². The molecule has 31 heavy (non-hydrogen) atoms.